The Balaban J connectivity index is 1.38. The summed E-state index contributed by atoms with van der Waals surface area (Å²) in [5, 5.41) is 12.6. The van der Waals surface area contributed by atoms with Crippen molar-refractivity contribution in [1.82, 2.24) is 14.2 Å². The van der Waals surface area contributed by atoms with Gasteiger partial charge in [0.05, 0.1) is 46.0 Å². The van der Waals surface area contributed by atoms with E-state index in [-0.39, 0.29) is 31.7 Å². The lowest BCUT2D eigenvalue weighted by molar-refractivity contribution is -0.0925. The van der Waals surface area contributed by atoms with E-state index in [2.05, 4.69) is 48.7 Å². The van der Waals surface area contributed by atoms with Crippen LogP contribution in [-0.4, -0.2) is 65.9 Å². The number of ether oxygens (including phenoxy) is 4. The molecule has 1 aromatic heterocycles. The van der Waals surface area contributed by atoms with Crippen molar-refractivity contribution in [2.75, 3.05) is 32.8 Å². The van der Waals surface area contributed by atoms with E-state index in [0.29, 0.717) is 30.3 Å². The molecule has 0 saturated carbocycles. The summed E-state index contributed by atoms with van der Waals surface area (Å²) in [6, 6.07) is 39.8. The molecule has 2 heterocycles. The molecular formula is C46H54N5O7P. The highest BCUT2D eigenvalue weighted by atomic mass is 31.2. The fourth-order valence-electron chi connectivity index (χ4n) is 7.34. The highest BCUT2D eigenvalue weighted by molar-refractivity contribution is 7.44. The molecule has 0 radical (unpaired) electrons. The second-order valence-electron chi connectivity index (χ2n) is 14.7. The van der Waals surface area contributed by atoms with Gasteiger partial charge in [0.25, 0.3) is 8.53 Å². The van der Waals surface area contributed by atoms with Gasteiger partial charge in [0.1, 0.15) is 35.2 Å². The first-order valence-corrected chi connectivity index (χ1v) is 21.1. The minimum Gasteiger partial charge on any atom is -0.497 e. The molecule has 5 aromatic rings. The zero-order valence-electron chi connectivity index (χ0n) is 34.6. The fourth-order valence-corrected chi connectivity index (χ4v) is 9.10. The number of methoxy groups -OCH3 is 2. The molecule has 1 N–H and O–H groups in total. The van der Waals surface area contributed by atoms with E-state index in [0.717, 1.165) is 22.3 Å². The minimum absolute atomic E-state index is 0.0672. The van der Waals surface area contributed by atoms with Crippen molar-refractivity contribution in [1.29, 1.82) is 5.26 Å². The molecule has 59 heavy (non-hydrogen) atoms. The molecular weight excluding hydrogens is 766 g/mol. The Morgan fingerprint density at radius 2 is 1.44 bits per heavy atom. The first-order chi connectivity index (χ1) is 28.7. The standard InChI is InChI=1S/C46H54N5O7P/c1-33(2)51(34(3)4)59(56-29-13-27-47)58-41-30-44(50-28-26-43(49-45(50)52)48-31-35-14-9-7-10-15-35)57-42(41)32-55-46(36-16-11-8-12-17-36,37-18-22-39(53-5)23-19-37)38-20-24-40(54-6)25-21-38/h7-12,14-26,28,33-34,41-42,44H,13,29-32H2,1-6H3,(H,48,49,52)/t41-,42+,44+,59?/m0/s1. The molecule has 13 heteroatoms. The van der Waals surface area contributed by atoms with Crippen LogP contribution in [0.5, 0.6) is 11.5 Å². The summed E-state index contributed by atoms with van der Waals surface area (Å²) in [6.07, 6.45) is 0.298. The topological polar surface area (TPSA) is 129 Å². The number of hydrogen-bond acceptors (Lipinski definition) is 11. The Morgan fingerprint density at radius 1 is 0.864 bits per heavy atom. The molecule has 0 bridgehead atoms. The second kappa shape index (κ2) is 20.7. The van der Waals surface area contributed by atoms with Gasteiger partial charge in [0, 0.05) is 31.2 Å². The van der Waals surface area contributed by atoms with E-state index in [9.17, 15) is 10.1 Å². The summed E-state index contributed by atoms with van der Waals surface area (Å²) >= 11 is 0. The van der Waals surface area contributed by atoms with E-state index in [4.69, 9.17) is 28.0 Å². The Bertz CT molecular complexity index is 2090. The number of aromatic nitrogens is 2. The molecule has 1 aliphatic rings. The van der Waals surface area contributed by atoms with Crippen molar-refractivity contribution in [2.45, 2.75) is 83.2 Å². The Kier molecular flexibility index (Phi) is 15.3. The number of benzene rings is 4. The van der Waals surface area contributed by atoms with E-state index in [1.54, 1.807) is 26.5 Å². The highest BCUT2D eigenvalue weighted by Gasteiger charge is 2.45. The van der Waals surface area contributed by atoms with Gasteiger partial charge in [-0.2, -0.15) is 10.2 Å². The van der Waals surface area contributed by atoms with E-state index in [1.807, 2.05) is 109 Å². The molecule has 12 nitrogen and oxygen atoms in total. The summed E-state index contributed by atoms with van der Waals surface area (Å²) in [7, 11) is 1.63. The van der Waals surface area contributed by atoms with Gasteiger partial charge in [0.2, 0.25) is 0 Å². The first-order valence-electron chi connectivity index (χ1n) is 19.9. The zero-order chi connectivity index (χ0) is 41.8. The maximum atomic E-state index is 13.7. The number of nitrogens with zero attached hydrogens (tertiary/aromatic N) is 4. The summed E-state index contributed by atoms with van der Waals surface area (Å²) in [6.45, 7) is 9.18. The van der Waals surface area contributed by atoms with Crippen LogP contribution in [0.2, 0.25) is 0 Å². The van der Waals surface area contributed by atoms with Crippen LogP contribution in [0.1, 0.15) is 69.0 Å². The summed E-state index contributed by atoms with van der Waals surface area (Å²) in [5.74, 6) is 1.89. The summed E-state index contributed by atoms with van der Waals surface area (Å²) < 4.78 is 42.2. The highest BCUT2D eigenvalue weighted by Crippen LogP contribution is 2.50. The number of nitrogens with one attached hydrogen (secondary N) is 1. The van der Waals surface area contributed by atoms with Crippen molar-refractivity contribution in [3.63, 3.8) is 0 Å². The van der Waals surface area contributed by atoms with Crippen molar-refractivity contribution < 1.29 is 28.0 Å². The first kappa shape index (κ1) is 43.5. The van der Waals surface area contributed by atoms with Crippen molar-refractivity contribution in [3.05, 3.63) is 154 Å². The third-order valence-electron chi connectivity index (χ3n) is 10.2. The third-order valence-corrected chi connectivity index (χ3v) is 12.3. The predicted molar refractivity (Wildman–Crippen MR) is 229 cm³/mol. The predicted octanol–water partition coefficient (Wildman–Crippen LogP) is 8.83. The van der Waals surface area contributed by atoms with Gasteiger partial charge >= 0.3 is 5.69 Å². The lowest BCUT2D eigenvalue weighted by Gasteiger charge is -2.39. The molecule has 1 fully saturated rings. The lowest BCUT2D eigenvalue weighted by atomic mass is 9.80. The van der Waals surface area contributed by atoms with Crippen molar-refractivity contribution in [3.8, 4) is 17.6 Å². The minimum atomic E-state index is -1.66. The van der Waals surface area contributed by atoms with Gasteiger partial charge in [-0.15, -0.1) is 0 Å². The Hall–Kier alpha value is -5.12. The van der Waals surface area contributed by atoms with Crippen LogP contribution < -0.4 is 20.5 Å². The molecule has 1 unspecified atom stereocenters. The maximum absolute atomic E-state index is 13.7. The molecule has 1 saturated heterocycles. The van der Waals surface area contributed by atoms with Gasteiger partial charge in [-0.1, -0.05) is 84.9 Å². The van der Waals surface area contributed by atoms with Gasteiger partial charge in [0.15, 0.2) is 0 Å². The Morgan fingerprint density at radius 3 is 1.98 bits per heavy atom. The maximum Gasteiger partial charge on any atom is 0.351 e. The quantitative estimate of drug-likeness (QED) is 0.0460. The molecule has 0 aliphatic carbocycles. The average Bonchev–Trinajstić information content (AvgIpc) is 3.65. The van der Waals surface area contributed by atoms with Gasteiger partial charge in [-0.25, -0.2) is 9.46 Å². The summed E-state index contributed by atoms with van der Waals surface area (Å²) in [5.41, 5.74) is 2.13. The third kappa shape index (κ3) is 10.6. The van der Waals surface area contributed by atoms with Crippen molar-refractivity contribution >= 4 is 14.3 Å². The Labute approximate surface area is 348 Å². The normalized spacial score (nSPS) is 17.3. The van der Waals surface area contributed by atoms with Crippen LogP contribution in [0.3, 0.4) is 0 Å². The molecule has 310 valence electrons. The van der Waals surface area contributed by atoms with E-state index in [1.165, 1.54) is 4.57 Å². The van der Waals surface area contributed by atoms with Crippen molar-refractivity contribution in [2.24, 2.45) is 0 Å². The molecule has 0 amide bonds. The SMILES string of the molecule is COc1ccc(C(OC[C@H]2O[C@@H](n3ccc(NCc4ccccc4)nc3=O)C[C@@H]2OP(OCCC#N)N(C(C)C)C(C)C)(c2ccccc2)c2ccc(OC)cc2)cc1. The molecule has 0 spiro atoms. The average molecular weight is 820 g/mol. The zero-order valence-corrected chi connectivity index (χ0v) is 35.5. The monoisotopic (exact) mass is 819 g/mol. The summed E-state index contributed by atoms with van der Waals surface area (Å²) in [4.78, 5) is 18.1. The smallest absolute Gasteiger partial charge is 0.351 e. The number of hydrogen-bond donors (Lipinski definition) is 1. The molecule has 4 aromatic carbocycles. The fraction of sp³-hybridized carbons (Fsp3) is 0.370. The number of nitriles is 1. The molecule has 1 aliphatic heterocycles. The van der Waals surface area contributed by atoms with Crippen LogP contribution >= 0.6 is 8.53 Å². The number of anilines is 1. The van der Waals surface area contributed by atoms with Gasteiger partial charge in [-0.05, 0) is 80.3 Å². The van der Waals surface area contributed by atoms with Crippen LogP contribution in [-0.2, 0) is 30.7 Å². The molecule has 4 atom stereocenters. The van der Waals surface area contributed by atoms with E-state index < -0.39 is 38.3 Å². The van der Waals surface area contributed by atoms with E-state index >= 15 is 0 Å². The lowest BCUT2D eigenvalue weighted by Crippen LogP contribution is -2.39. The van der Waals surface area contributed by atoms with Crippen LogP contribution in [0.4, 0.5) is 5.82 Å². The van der Waals surface area contributed by atoms with Gasteiger partial charge < -0.3 is 33.3 Å². The van der Waals surface area contributed by atoms with Gasteiger partial charge in [-0.3, -0.25) is 4.57 Å². The van der Waals surface area contributed by atoms with Crippen LogP contribution in [0.15, 0.2) is 126 Å². The largest absolute Gasteiger partial charge is 0.497 e. The van der Waals surface area contributed by atoms with Crippen LogP contribution in [0, 0.1) is 11.3 Å². The van der Waals surface area contributed by atoms with Crippen LogP contribution in [0.25, 0.3) is 0 Å². The number of rotatable bonds is 20. The molecule has 6 rings (SSSR count). The second-order valence-corrected chi connectivity index (χ2v) is 16.1.